The monoisotopic (exact) mass is 224 g/mol. The Balaban J connectivity index is 1.97. The molecule has 0 amide bonds. The van der Waals surface area contributed by atoms with Crippen LogP contribution in [0.2, 0.25) is 0 Å². The molecular weight excluding hydrogens is 204 g/mol. The van der Waals surface area contributed by atoms with E-state index >= 15 is 0 Å². The van der Waals surface area contributed by atoms with Crippen LogP contribution in [0.15, 0.2) is 12.4 Å². The molecule has 0 spiro atoms. The van der Waals surface area contributed by atoms with E-state index < -0.39 is 0 Å². The number of hydrogen-bond acceptors (Lipinski definition) is 3. The topological polar surface area (TPSA) is 47.3 Å². The van der Waals surface area contributed by atoms with Gasteiger partial charge in [0, 0.05) is 25.3 Å². The standard InChI is InChI=1S/C12H20N2O2/c1-10-12(9-15,5-6-16-10)4-3-11-7-13-14(2)8-11/h7-8,10,15H,3-6,9H2,1-2H3. The van der Waals surface area contributed by atoms with Gasteiger partial charge in [-0.05, 0) is 31.7 Å². The van der Waals surface area contributed by atoms with E-state index in [1.54, 1.807) is 0 Å². The van der Waals surface area contributed by atoms with Crippen LogP contribution in [0.1, 0.15) is 25.3 Å². The van der Waals surface area contributed by atoms with E-state index in [0.29, 0.717) is 0 Å². The van der Waals surface area contributed by atoms with Crippen LogP contribution in [-0.2, 0) is 18.2 Å². The van der Waals surface area contributed by atoms with Crippen LogP contribution in [-0.4, -0.2) is 34.2 Å². The van der Waals surface area contributed by atoms with E-state index in [2.05, 4.69) is 12.0 Å². The summed E-state index contributed by atoms with van der Waals surface area (Å²) in [5, 5.41) is 13.7. The normalized spacial score (nSPS) is 29.8. The van der Waals surface area contributed by atoms with Gasteiger partial charge in [0.05, 0.1) is 18.9 Å². The van der Waals surface area contributed by atoms with Crippen LogP contribution in [0.25, 0.3) is 0 Å². The van der Waals surface area contributed by atoms with Gasteiger partial charge in [0.15, 0.2) is 0 Å². The Labute approximate surface area is 96.2 Å². The molecule has 0 aromatic carbocycles. The Morgan fingerprint density at radius 3 is 3.00 bits per heavy atom. The second-order valence-electron chi connectivity index (χ2n) is 4.81. The van der Waals surface area contributed by atoms with Crippen LogP contribution in [0.4, 0.5) is 0 Å². The summed E-state index contributed by atoms with van der Waals surface area (Å²) in [6.07, 6.45) is 6.98. The molecule has 4 heteroatoms. The Bertz CT molecular complexity index is 351. The molecule has 0 saturated carbocycles. The lowest BCUT2D eigenvalue weighted by Crippen LogP contribution is -2.33. The minimum atomic E-state index is -0.0458. The molecule has 2 heterocycles. The molecule has 1 aliphatic rings. The molecule has 90 valence electrons. The average Bonchev–Trinajstić information content (AvgIpc) is 2.83. The molecular formula is C12H20N2O2. The van der Waals surface area contributed by atoms with Gasteiger partial charge in [-0.25, -0.2) is 0 Å². The van der Waals surface area contributed by atoms with Gasteiger partial charge < -0.3 is 9.84 Å². The van der Waals surface area contributed by atoms with Crippen molar-refractivity contribution in [2.24, 2.45) is 12.5 Å². The predicted octanol–water partition coefficient (Wildman–Crippen LogP) is 1.14. The van der Waals surface area contributed by atoms with Crippen LogP contribution in [0, 0.1) is 5.41 Å². The van der Waals surface area contributed by atoms with Crippen molar-refractivity contribution in [1.29, 1.82) is 0 Å². The first-order valence-electron chi connectivity index (χ1n) is 5.86. The third-order valence-electron chi connectivity index (χ3n) is 3.81. The van der Waals surface area contributed by atoms with E-state index in [0.717, 1.165) is 25.9 Å². The first-order chi connectivity index (χ1) is 7.66. The van der Waals surface area contributed by atoms with Gasteiger partial charge in [-0.2, -0.15) is 5.10 Å². The van der Waals surface area contributed by atoms with Crippen molar-refractivity contribution in [3.05, 3.63) is 18.0 Å². The second kappa shape index (κ2) is 4.55. The number of ether oxygens (including phenoxy) is 1. The maximum Gasteiger partial charge on any atom is 0.0626 e. The summed E-state index contributed by atoms with van der Waals surface area (Å²) in [6.45, 7) is 3.05. The lowest BCUT2D eigenvalue weighted by atomic mass is 9.78. The van der Waals surface area contributed by atoms with Gasteiger partial charge >= 0.3 is 0 Å². The highest BCUT2D eigenvalue weighted by Crippen LogP contribution is 2.38. The van der Waals surface area contributed by atoms with Crippen molar-refractivity contribution < 1.29 is 9.84 Å². The van der Waals surface area contributed by atoms with Crippen molar-refractivity contribution in [1.82, 2.24) is 9.78 Å². The van der Waals surface area contributed by atoms with Crippen LogP contribution in [0.3, 0.4) is 0 Å². The van der Waals surface area contributed by atoms with Crippen LogP contribution >= 0.6 is 0 Å². The minimum Gasteiger partial charge on any atom is -0.396 e. The first kappa shape index (κ1) is 11.6. The Morgan fingerprint density at radius 2 is 2.50 bits per heavy atom. The van der Waals surface area contributed by atoms with Crippen molar-refractivity contribution in [2.75, 3.05) is 13.2 Å². The number of nitrogens with zero attached hydrogens (tertiary/aromatic N) is 2. The number of hydrogen-bond donors (Lipinski definition) is 1. The van der Waals surface area contributed by atoms with Crippen molar-refractivity contribution in [3.8, 4) is 0 Å². The smallest absolute Gasteiger partial charge is 0.0626 e. The summed E-state index contributed by atoms with van der Waals surface area (Å²) in [4.78, 5) is 0. The molecule has 4 nitrogen and oxygen atoms in total. The summed E-state index contributed by atoms with van der Waals surface area (Å²) in [5.41, 5.74) is 1.19. The van der Waals surface area contributed by atoms with Gasteiger partial charge in [-0.15, -0.1) is 0 Å². The third kappa shape index (κ3) is 2.13. The number of aliphatic hydroxyl groups excluding tert-OH is 1. The SMILES string of the molecule is CC1OCCC1(CO)CCc1cnn(C)c1. The molecule has 16 heavy (non-hydrogen) atoms. The number of aryl methyl sites for hydroxylation is 2. The molecule has 0 radical (unpaired) electrons. The molecule has 2 unspecified atom stereocenters. The average molecular weight is 224 g/mol. The van der Waals surface area contributed by atoms with E-state index in [1.165, 1.54) is 5.56 Å². The lowest BCUT2D eigenvalue weighted by Gasteiger charge is -2.29. The van der Waals surface area contributed by atoms with Crippen LogP contribution < -0.4 is 0 Å². The van der Waals surface area contributed by atoms with Gasteiger partial charge in [0.2, 0.25) is 0 Å². The fraction of sp³-hybridized carbons (Fsp3) is 0.750. The largest absolute Gasteiger partial charge is 0.396 e. The summed E-state index contributed by atoms with van der Waals surface area (Å²) in [6, 6.07) is 0. The molecule has 1 aromatic rings. The minimum absolute atomic E-state index is 0.0458. The van der Waals surface area contributed by atoms with Crippen LogP contribution in [0.5, 0.6) is 0 Å². The van der Waals surface area contributed by atoms with Gasteiger partial charge in [-0.3, -0.25) is 4.68 Å². The number of rotatable bonds is 4. The van der Waals surface area contributed by atoms with Crippen molar-refractivity contribution in [3.63, 3.8) is 0 Å². The molecule has 1 fully saturated rings. The van der Waals surface area contributed by atoms with E-state index in [1.807, 2.05) is 24.1 Å². The first-order valence-corrected chi connectivity index (χ1v) is 5.86. The van der Waals surface area contributed by atoms with E-state index in [9.17, 15) is 5.11 Å². The van der Waals surface area contributed by atoms with Gasteiger partial charge in [0.25, 0.3) is 0 Å². The maximum absolute atomic E-state index is 9.57. The molecule has 1 saturated heterocycles. The second-order valence-corrected chi connectivity index (χ2v) is 4.81. The Kier molecular flexibility index (Phi) is 3.30. The molecule has 2 rings (SSSR count). The molecule has 2 atom stereocenters. The zero-order valence-corrected chi connectivity index (χ0v) is 10.0. The maximum atomic E-state index is 9.57. The van der Waals surface area contributed by atoms with Crippen molar-refractivity contribution in [2.45, 2.75) is 32.3 Å². The third-order valence-corrected chi connectivity index (χ3v) is 3.81. The summed E-state index contributed by atoms with van der Waals surface area (Å²) >= 11 is 0. The fourth-order valence-corrected chi connectivity index (χ4v) is 2.43. The quantitative estimate of drug-likeness (QED) is 0.834. The van der Waals surface area contributed by atoms with Crippen molar-refractivity contribution >= 4 is 0 Å². The Hall–Kier alpha value is -0.870. The highest BCUT2D eigenvalue weighted by molar-refractivity contribution is 5.05. The fourth-order valence-electron chi connectivity index (χ4n) is 2.43. The number of aromatic nitrogens is 2. The highest BCUT2D eigenvalue weighted by atomic mass is 16.5. The highest BCUT2D eigenvalue weighted by Gasteiger charge is 2.40. The zero-order chi connectivity index (χ0) is 11.6. The Morgan fingerprint density at radius 1 is 1.69 bits per heavy atom. The van der Waals surface area contributed by atoms with E-state index in [-0.39, 0.29) is 18.1 Å². The summed E-state index contributed by atoms with van der Waals surface area (Å²) < 4.78 is 7.39. The molecule has 0 bridgehead atoms. The summed E-state index contributed by atoms with van der Waals surface area (Å²) in [7, 11) is 1.92. The molecule has 1 aliphatic heterocycles. The molecule has 1 N–H and O–H groups in total. The summed E-state index contributed by atoms with van der Waals surface area (Å²) in [5.74, 6) is 0. The molecule has 1 aromatic heterocycles. The lowest BCUT2D eigenvalue weighted by molar-refractivity contribution is 0.0220. The predicted molar refractivity (Wildman–Crippen MR) is 61.1 cm³/mol. The zero-order valence-electron chi connectivity index (χ0n) is 10.0. The van der Waals surface area contributed by atoms with E-state index in [4.69, 9.17) is 4.74 Å². The molecule has 0 aliphatic carbocycles. The van der Waals surface area contributed by atoms with Gasteiger partial charge in [-0.1, -0.05) is 0 Å². The van der Waals surface area contributed by atoms with Gasteiger partial charge in [0.1, 0.15) is 0 Å². The number of aliphatic hydroxyl groups is 1.